The van der Waals surface area contributed by atoms with Gasteiger partial charge in [-0.2, -0.15) is 0 Å². The molecule has 29 heavy (non-hydrogen) atoms. The number of hydrogen-bond donors (Lipinski definition) is 1. The van der Waals surface area contributed by atoms with E-state index in [0.29, 0.717) is 29.9 Å². The standard InChI is InChI=1S/C24H29NO4/c1-3-28-20-14-7-6-11-17(20)22-21(24(27)29-16-9-4-5-10-16)15(2)25-18-12-8-13-19(26)23(18)22/h6-7,11,14,16,22,25H,3-5,8-10,12-13H2,1-2H3/t22-/m1/s1. The van der Waals surface area contributed by atoms with Crippen LogP contribution in [0.15, 0.2) is 46.8 Å². The van der Waals surface area contributed by atoms with Crippen LogP contribution in [-0.4, -0.2) is 24.5 Å². The van der Waals surface area contributed by atoms with E-state index in [-0.39, 0.29) is 17.9 Å². The van der Waals surface area contributed by atoms with Crippen LogP contribution in [0.3, 0.4) is 0 Å². The quantitative estimate of drug-likeness (QED) is 0.742. The second-order valence-corrected chi connectivity index (χ2v) is 8.05. The van der Waals surface area contributed by atoms with Crippen LogP contribution in [0.5, 0.6) is 5.75 Å². The van der Waals surface area contributed by atoms with Crippen molar-refractivity contribution >= 4 is 11.8 Å². The van der Waals surface area contributed by atoms with Gasteiger partial charge in [0, 0.05) is 29.0 Å². The normalized spacial score (nSPS) is 22.4. The smallest absolute Gasteiger partial charge is 0.337 e. The first kappa shape index (κ1) is 19.7. The highest BCUT2D eigenvalue weighted by Crippen LogP contribution is 2.45. The number of ketones is 1. The molecule has 1 aromatic rings. The van der Waals surface area contributed by atoms with Gasteiger partial charge >= 0.3 is 5.97 Å². The summed E-state index contributed by atoms with van der Waals surface area (Å²) in [4.78, 5) is 26.3. The van der Waals surface area contributed by atoms with Gasteiger partial charge in [0.1, 0.15) is 11.9 Å². The Morgan fingerprint density at radius 1 is 1.14 bits per heavy atom. The Labute approximate surface area is 172 Å². The van der Waals surface area contributed by atoms with Crippen LogP contribution >= 0.6 is 0 Å². The summed E-state index contributed by atoms with van der Waals surface area (Å²) in [5, 5.41) is 3.35. The molecule has 0 aromatic heterocycles. The third-order valence-corrected chi connectivity index (χ3v) is 6.10. The first-order valence-electron chi connectivity index (χ1n) is 10.8. The van der Waals surface area contributed by atoms with Gasteiger partial charge < -0.3 is 14.8 Å². The maximum Gasteiger partial charge on any atom is 0.337 e. The Kier molecular flexibility index (Phi) is 5.74. The van der Waals surface area contributed by atoms with Gasteiger partial charge in [0.25, 0.3) is 0 Å². The number of nitrogens with one attached hydrogen (secondary N) is 1. The molecule has 0 bridgehead atoms. The highest BCUT2D eigenvalue weighted by atomic mass is 16.5. The number of benzene rings is 1. The maximum atomic E-state index is 13.3. The summed E-state index contributed by atoms with van der Waals surface area (Å²) in [7, 11) is 0. The summed E-state index contributed by atoms with van der Waals surface area (Å²) in [5.74, 6) is 0.0543. The maximum absolute atomic E-state index is 13.3. The number of carbonyl (C=O) groups excluding carboxylic acids is 2. The van der Waals surface area contributed by atoms with E-state index in [4.69, 9.17) is 9.47 Å². The van der Waals surface area contributed by atoms with E-state index < -0.39 is 5.92 Å². The minimum absolute atomic E-state index is 0.0250. The fraction of sp³-hybridized carbons (Fsp3) is 0.500. The zero-order valence-corrected chi connectivity index (χ0v) is 17.3. The summed E-state index contributed by atoms with van der Waals surface area (Å²) in [5.41, 5.74) is 3.81. The molecule has 154 valence electrons. The monoisotopic (exact) mass is 395 g/mol. The Balaban J connectivity index is 1.80. The Bertz CT molecular complexity index is 877. The number of Topliss-reactive ketones (excluding diaryl/α,β-unsaturated/α-hetero) is 1. The van der Waals surface area contributed by atoms with E-state index in [2.05, 4.69) is 5.32 Å². The highest BCUT2D eigenvalue weighted by Gasteiger charge is 2.40. The molecule has 4 rings (SSSR count). The predicted octanol–water partition coefficient (Wildman–Crippen LogP) is 4.54. The van der Waals surface area contributed by atoms with Gasteiger partial charge in [0.05, 0.1) is 18.1 Å². The number of ether oxygens (including phenoxy) is 2. The van der Waals surface area contributed by atoms with Crippen molar-refractivity contribution in [2.45, 2.75) is 70.8 Å². The molecule has 5 nitrogen and oxygen atoms in total. The molecule has 1 aliphatic heterocycles. The lowest BCUT2D eigenvalue weighted by Crippen LogP contribution is -2.35. The molecule has 1 fully saturated rings. The largest absolute Gasteiger partial charge is 0.494 e. The molecule has 0 unspecified atom stereocenters. The van der Waals surface area contributed by atoms with Gasteiger partial charge in [-0.25, -0.2) is 4.79 Å². The van der Waals surface area contributed by atoms with E-state index in [1.807, 2.05) is 38.1 Å². The second kappa shape index (κ2) is 8.44. The molecule has 1 saturated carbocycles. The van der Waals surface area contributed by atoms with Crippen molar-refractivity contribution in [1.82, 2.24) is 5.32 Å². The minimum atomic E-state index is -0.448. The molecule has 0 spiro atoms. The molecule has 0 amide bonds. The van der Waals surface area contributed by atoms with Crippen LogP contribution in [0.2, 0.25) is 0 Å². The van der Waals surface area contributed by atoms with Crippen molar-refractivity contribution in [3.63, 3.8) is 0 Å². The van der Waals surface area contributed by atoms with Crippen molar-refractivity contribution in [1.29, 1.82) is 0 Å². The van der Waals surface area contributed by atoms with Crippen LogP contribution in [0.1, 0.15) is 70.3 Å². The second-order valence-electron chi connectivity index (χ2n) is 8.05. The molecule has 0 saturated heterocycles. The van der Waals surface area contributed by atoms with Gasteiger partial charge in [-0.3, -0.25) is 4.79 Å². The zero-order valence-electron chi connectivity index (χ0n) is 17.3. The van der Waals surface area contributed by atoms with Crippen LogP contribution < -0.4 is 10.1 Å². The lowest BCUT2D eigenvalue weighted by atomic mass is 9.75. The SMILES string of the molecule is CCOc1ccccc1[C@@H]1C(C(=O)OC2CCCC2)=C(C)NC2=C1C(=O)CCC2. The molecular formula is C24H29NO4. The first-order chi connectivity index (χ1) is 14.1. The number of hydrogen-bond acceptors (Lipinski definition) is 5. The minimum Gasteiger partial charge on any atom is -0.494 e. The number of rotatable bonds is 5. The molecule has 1 aromatic carbocycles. The summed E-state index contributed by atoms with van der Waals surface area (Å²) in [6, 6.07) is 7.72. The average Bonchev–Trinajstić information content (AvgIpc) is 3.21. The van der Waals surface area contributed by atoms with E-state index in [0.717, 1.165) is 55.5 Å². The van der Waals surface area contributed by atoms with Crippen molar-refractivity contribution in [3.8, 4) is 5.75 Å². The number of carbonyl (C=O) groups is 2. The first-order valence-corrected chi connectivity index (χ1v) is 10.8. The van der Waals surface area contributed by atoms with Crippen molar-refractivity contribution < 1.29 is 19.1 Å². The zero-order chi connectivity index (χ0) is 20.4. The number of allylic oxidation sites excluding steroid dienone is 3. The third kappa shape index (κ3) is 3.83. The molecule has 5 heteroatoms. The van der Waals surface area contributed by atoms with Crippen LogP contribution in [0.25, 0.3) is 0 Å². The van der Waals surface area contributed by atoms with Gasteiger partial charge in [-0.05, 0) is 58.4 Å². The third-order valence-electron chi connectivity index (χ3n) is 6.10. The average molecular weight is 395 g/mol. The molecule has 3 aliphatic rings. The number of para-hydroxylation sites is 1. The number of dihydropyridines is 1. The van der Waals surface area contributed by atoms with E-state index in [1.54, 1.807) is 0 Å². The molecule has 2 aliphatic carbocycles. The molecular weight excluding hydrogens is 366 g/mol. The highest BCUT2D eigenvalue weighted by molar-refractivity contribution is 6.04. The Morgan fingerprint density at radius 2 is 1.90 bits per heavy atom. The predicted molar refractivity (Wildman–Crippen MR) is 110 cm³/mol. The summed E-state index contributed by atoms with van der Waals surface area (Å²) < 4.78 is 11.7. The van der Waals surface area contributed by atoms with Gasteiger partial charge in [0.2, 0.25) is 0 Å². The van der Waals surface area contributed by atoms with Crippen molar-refractivity contribution in [2.24, 2.45) is 0 Å². The van der Waals surface area contributed by atoms with E-state index in [9.17, 15) is 9.59 Å². The van der Waals surface area contributed by atoms with Gasteiger partial charge in [-0.1, -0.05) is 18.2 Å². The summed E-state index contributed by atoms with van der Waals surface area (Å²) >= 11 is 0. The molecule has 1 atom stereocenters. The van der Waals surface area contributed by atoms with Crippen LogP contribution in [0.4, 0.5) is 0 Å². The summed E-state index contributed by atoms with van der Waals surface area (Å²) in [6.45, 7) is 4.36. The van der Waals surface area contributed by atoms with E-state index >= 15 is 0 Å². The topological polar surface area (TPSA) is 64.6 Å². The van der Waals surface area contributed by atoms with Gasteiger partial charge in [-0.15, -0.1) is 0 Å². The molecule has 0 radical (unpaired) electrons. The molecule has 1 N–H and O–H groups in total. The van der Waals surface area contributed by atoms with Crippen LogP contribution in [0, 0.1) is 0 Å². The fourth-order valence-electron chi connectivity index (χ4n) is 4.79. The van der Waals surface area contributed by atoms with Crippen molar-refractivity contribution in [3.05, 3.63) is 52.4 Å². The number of esters is 1. The van der Waals surface area contributed by atoms with Crippen molar-refractivity contribution in [2.75, 3.05) is 6.61 Å². The Morgan fingerprint density at radius 3 is 2.66 bits per heavy atom. The summed E-state index contributed by atoms with van der Waals surface area (Å²) in [6.07, 6.45) is 6.16. The molecule has 1 heterocycles. The van der Waals surface area contributed by atoms with Crippen LogP contribution in [-0.2, 0) is 14.3 Å². The Hall–Kier alpha value is -2.56. The lowest BCUT2D eigenvalue weighted by molar-refractivity contribution is -0.144. The van der Waals surface area contributed by atoms with Gasteiger partial charge in [0.15, 0.2) is 5.78 Å². The lowest BCUT2D eigenvalue weighted by Gasteiger charge is -2.35. The van der Waals surface area contributed by atoms with E-state index in [1.165, 1.54) is 0 Å². The fourth-order valence-corrected chi connectivity index (χ4v) is 4.79.